The average molecular weight is 303 g/mol. The summed E-state index contributed by atoms with van der Waals surface area (Å²) in [6.07, 6.45) is -6.45. The number of nitrogens with one attached hydrogen (secondary N) is 1. The largest absolute Gasteiger partial charge is 0.397 e. The van der Waals surface area contributed by atoms with Gasteiger partial charge in [0.15, 0.2) is 6.29 Å². The van der Waals surface area contributed by atoms with Gasteiger partial charge in [-0.05, 0) is 0 Å². The summed E-state index contributed by atoms with van der Waals surface area (Å²) in [7, 11) is -4.94. The zero-order valence-electron chi connectivity index (χ0n) is 9.83. The number of ether oxygens (including phenoxy) is 1. The summed E-state index contributed by atoms with van der Waals surface area (Å²) in [4.78, 5) is 11.0. The van der Waals surface area contributed by atoms with Gasteiger partial charge in [0.1, 0.15) is 24.4 Å². The van der Waals surface area contributed by atoms with Gasteiger partial charge in [0.2, 0.25) is 5.91 Å². The first-order valence-corrected chi connectivity index (χ1v) is 6.57. The monoisotopic (exact) mass is 303 g/mol. The first-order valence-electron chi connectivity index (χ1n) is 5.21. The van der Waals surface area contributed by atoms with Crippen LogP contribution in [0.5, 0.6) is 0 Å². The third kappa shape index (κ3) is 4.35. The standard InChI is InChI=1S/C8H15NO9S/c1-3(11)9-5-7(18-19(14,15)16)6(12)4(2-10)17-8(5)13/h4-8,10,12-13H,2H2,1H3,(H,9,11)(H,14,15,16)/t4-,5-,6-,7-,8?/m1/s1/i13+2. The average Bonchev–Trinajstić information content (AvgIpc) is 2.26. The molecule has 1 aliphatic rings. The maximum Gasteiger partial charge on any atom is 0.397 e. The molecular formula is C8H15NO9S. The molecule has 0 aromatic heterocycles. The van der Waals surface area contributed by atoms with Crippen molar-refractivity contribution in [3.63, 3.8) is 0 Å². The van der Waals surface area contributed by atoms with Crippen molar-refractivity contribution in [1.82, 2.24) is 5.32 Å². The SMILES string of the molecule is CC(=O)N[C@H]1C([18OH])O[C@H](CO)[C@@H](O)[C@@H]1OS(=O)(=O)O. The number of amides is 1. The maximum atomic E-state index is 11.0. The summed E-state index contributed by atoms with van der Waals surface area (Å²) in [5.41, 5.74) is 0. The summed E-state index contributed by atoms with van der Waals surface area (Å²) in [6.45, 7) is 0.359. The summed E-state index contributed by atoms with van der Waals surface area (Å²) < 4.78 is 39.0. The molecule has 0 radical (unpaired) electrons. The fraction of sp³-hybridized carbons (Fsp3) is 0.875. The number of aliphatic hydroxyl groups excluding tert-OH is 3. The number of carbonyl (C=O) groups is 1. The minimum Gasteiger partial charge on any atom is -0.394 e. The molecule has 10 nitrogen and oxygen atoms in total. The van der Waals surface area contributed by atoms with Crippen molar-refractivity contribution in [2.45, 2.75) is 37.6 Å². The topological polar surface area (TPSA) is 163 Å². The first kappa shape index (κ1) is 16.2. The lowest BCUT2D eigenvalue weighted by Gasteiger charge is -2.41. The lowest BCUT2D eigenvalue weighted by atomic mass is 9.97. The number of hydrogen-bond donors (Lipinski definition) is 5. The Morgan fingerprint density at radius 2 is 2.11 bits per heavy atom. The van der Waals surface area contributed by atoms with Crippen LogP contribution in [0.3, 0.4) is 0 Å². The van der Waals surface area contributed by atoms with E-state index in [1.54, 1.807) is 0 Å². The van der Waals surface area contributed by atoms with Crippen molar-refractivity contribution in [3.8, 4) is 0 Å². The molecule has 0 spiro atoms. The summed E-state index contributed by atoms with van der Waals surface area (Å²) in [5, 5.41) is 30.4. The van der Waals surface area contributed by atoms with E-state index in [2.05, 4.69) is 9.50 Å². The number of rotatable bonds is 4. The quantitative estimate of drug-likeness (QED) is 0.265. The highest BCUT2D eigenvalue weighted by molar-refractivity contribution is 7.80. The third-order valence-corrected chi connectivity index (χ3v) is 2.94. The Labute approximate surface area is 108 Å². The summed E-state index contributed by atoms with van der Waals surface area (Å²) in [5.74, 6) is -0.647. The fourth-order valence-electron chi connectivity index (χ4n) is 1.73. The van der Waals surface area contributed by atoms with E-state index in [1.807, 2.05) is 0 Å². The molecule has 19 heavy (non-hydrogen) atoms. The lowest BCUT2D eigenvalue weighted by molar-refractivity contribution is -0.249. The van der Waals surface area contributed by atoms with E-state index in [0.29, 0.717) is 0 Å². The van der Waals surface area contributed by atoms with Gasteiger partial charge in [-0.15, -0.1) is 0 Å². The maximum absolute atomic E-state index is 11.0. The molecule has 1 saturated heterocycles. The molecule has 1 fully saturated rings. The highest BCUT2D eigenvalue weighted by Gasteiger charge is 2.47. The predicted octanol–water partition coefficient (Wildman–Crippen LogP) is -3.25. The molecular weight excluding hydrogens is 288 g/mol. The van der Waals surface area contributed by atoms with E-state index in [4.69, 9.17) is 14.4 Å². The van der Waals surface area contributed by atoms with Crippen molar-refractivity contribution >= 4 is 16.3 Å². The molecule has 5 atom stereocenters. The Hall–Kier alpha value is -0.820. The van der Waals surface area contributed by atoms with Gasteiger partial charge in [-0.1, -0.05) is 0 Å². The van der Waals surface area contributed by atoms with Crippen molar-refractivity contribution in [2.24, 2.45) is 0 Å². The van der Waals surface area contributed by atoms with Crippen molar-refractivity contribution < 1.29 is 42.0 Å². The molecule has 1 aliphatic heterocycles. The number of hydrogen-bond acceptors (Lipinski definition) is 8. The van der Waals surface area contributed by atoms with Gasteiger partial charge in [0, 0.05) is 6.92 Å². The van der Waals surface area contributed by atoms with Crippen LogP contribution in [-0.2, 0) is 24.1 Å². The van der Waals surface area contributed by atoms with Gasteiger partial charge >= 0.3 is 10.4 Å². The second-order valence-electron chi connectivity index (χ2n) is 3.95. The minimum absolute atomic E-state index is 0.647. The Kier molecular flexibility index (Phi) is 5.20. The molecule has 0 saturated carbocycles. The molecule has 0 bridgehead atoms. The van der Waals surface area contributed by atoms with Gasteiger partial charge in [-0.2, -0.15) is 8.42 Å². The highest BCUT2D eigenvalue weighted by Crippen LogP contribution is 2.23. The molecule has 0 aliphatic carbocycles. The van der Waals surface area contributed by atoms with Crippen LogP contribution >= 0.6 is 0 Å². The molecule has 0 aromatic rings. The van der Waals surface area contributed by atoms with Crippen LogP contribution in [0, 0.1) is 0 Å². The molecule has 1 rings (SSSR count). The Morgan fingerprint density at radius 3 is 2.53 bits per heavy atom. The zero-order chi connectivity index (χ0) is 14.8. The van der Waals surface area contributed by atoms with Crippen LogP contribution < -0.4 is 5.32 Å². The molecule has 1 unspecified atom stereocenters. The van der Waals surface area contributed by atoms with Crippen LogP contribution in [-0.4, -0.2) is 71.4 Å². The van der Waals surface area contributed by atoms with Crippen LogP contribution in [0.2, 0.25) is 0 Å². The normalized spacial score (nSPS) is 35.9. The van der Waals surface area contributed by atoms with Crippen LogP contribution in [0.15, 0.2) is 0 Å². The van der Waals surface area contributed by atoms with Gasteiger partial charge < -0.3 is 25.4 Å². The zero-order valence-corrected chi connectivity index (χ0v) is 10.6. The second-order valence-corrected chi connectivity index (χ2v) is 5.00. The van der Waals surface area contributed by atoms with E-state index < -0.39 is 53.6 Å². The molecule has 11 heteroatoms. The summed E-state index contributed by atoms with van der Waals surface area (Å²) in [6, 6.07) is -1.43. The van der Waals surface area contributed by atoms with Crippen LogP contribution in [0.1, 0.15) is 6.92 Å². The third-order valence-electron chi connectivity index (χ3n) is 2.48. The van der Waals surface area contributed by atoms with Gasteiger partial charge in [-0.3, -0.25) is 9.35 Å². The van der Waals surface area contributed by atoms with Crippen LogP contribution in [0.25, 0.3) is 0 Å². The summed E-state index contributed by atoms with van der Waals surface area (Å²) >= 11 is 0. The Morgan fingerprint density at radius 1 is 1.53 bits per heavy atom. The lowest BCUT2D eigenvalue weighted by Crippen LogP contribution is -2.65. The Balaban J connectivity index is 3.00. The highest BCUT2D eigenvalue weighted by atomic mass is 32.3. The molecule has 1 heterocycles. The van der Waals surface area contributed by atoms with E-state index in [1.165, 1.54) is 0 Å². The second kappa shape index (κ2) is 6.09. The van der Waals surface area contributed by atoms with Crippen molar-refractivity contribution in [2.75, 3.05) is 6.61 Å². The van der Waals surface area contributed by atoms with E-state index in [0.717, 1.165) is 6.92 Å². The van der Waals surface area contributed by atoms with Crippen molar-refractivity contribution in [1.29, 1.82) is 0 Å². The number of aliphatic hydroxyl groups is 3. The molecule has 112 valence electrons. The van der Waals surface area contributed by atoms with Gasteiger partial charge in [0.25, 0.3) is 0 Å². The van der Waals surface area contributed by atoms with Crippen LogP contribution in [0.4, 0.5) is 0 Å². The van der Waals surface area contributed by atoms with E-state index in [-0.39, 0.29) is 0 Å². The predicted molar refractivity (Wildman–Crippen MR) is 58.0 cm³/mol. The first-order chi connectivity index (χ1) is 8.65. The van der Waals surface area contributed by atoms with Gasteiger partial charge in [-0.25, -0.2) is 4.18 Å². The van der Waals surface area contributed by atoms with Crippen molar-refractivity contribution in [3.05, 3.63) is 0 Å². The minimum atomic E-state index is -4.94. The smallest absolute Gasteiger partial charge is 0.394 e. The molecule has 1 amide bonds. The fourth-order valence-corrected chi connectivity index (χ4v) is 2.24. The number of carbonyl (C=O) groups excluding carboxylic acids is 1. The van der Waals surface area contributed by atoms with E-state index >= 15 is 0 Å². The van der Waals surface area contributed by atoms with Gasteiger partial charge in [0.05, 0.1) is 6.61 Å². The Bertz CT molecular complexity index is 424. The molecule has 0 aromatic carbocycles. The molecule has 5 N–H and O–H groups in total. The van der Waals surface area contributed by atoms with E-state index in [9.17, 15) is 23.4 Å².